The number of carbonyl (C=O) groups excluding carboxylic acids is 1. The smallest absolute Gasteiger partial charge is 0.238 e. The molecule has 3 atom stereocenters. The van der Waals surface area contributed by atoms with Gasteiger partial charge in [-0.1, -0.05) is 6.07 Å². The number of rotatable bonds is 4. The van der Waals surface area contributed by atoms with Crippen molar-refractivity contribution in [3.05, 3.63) is 23.9 Å². The number of aromatic nitrogens is 1. The maximum atomic E-state index is 12.0. The molecule has 3 rings (SSSR count). The van der Waals surface area contributed by atoms with E-state index in [1.54, 1.807) is 11.8 Å². The van der Waals surface area contributed by atoms with Crippen LogP contribution in [-0.4, -0.2) is 53.9 Å². The molecule has 2 saturated heterocycles. The first-order valence-corrected chi connectivity index (χ1v) is 9.21. The monoisotopic (exact) mass is 408 g/mol. The van der Waals surface area contributed by atoms with E-state index in [0.717, 1.165) is 36.1 Å². The third-order valence-electron chi connectivity index (χ3n) is 4.05. The predicted octanol–water partition coefficient (Wildman–Crippen LogP) is 1.82. The lowest BCUT2D eigenvalue weighted by Crippen LogP contribution is -2.45. The van der Waals surface area contributed by atoms with Gasteiger partial charge in [0.1, 0.15) is 5.82 Å². The molecule has 0 spiro atoms. The van der Waals surface area contributed by atoms with Gasteiger partial charge in [0.05, 0.1) is 18.2 Å². The van der Waals surface area contributed by atoms with Gasteiger partial charge >= 0.3 is 0 Å². The van der Waals surface area contributed by atoms with Crippen LogP contribution >= 0.6 is 36.6 Å². The minimum Gasteiger partial charge on any atom is -0.372 e. The average Bonchev–Trinajstić information content (AvgIpc) is 3.07. The van der Waals surface area contributed by atoms with E-state index in [-0.39, 0.29) is 49.0 Å². The Kier molecular flexibility index (Phi) is 9.30. The van der Waals surface area contributed by atoms with Gasteiger partial charge in [0.15, 0.2) is 0 Å². The van der Waals surface area contributed by atoms with Crippen LogP contribution in [0.4, 0.5) is 5.82 Å². The van der Waals surface area contributed by atoms with E-state index in [1.807, 2.05) is 18.3 Å². The molecule has 3 unspecified atom stereocenters. The van der Waals surface area contributed by atoms with Gasteiger partial charge in [-0.15, -0.1) is 36.6 Å². The molecule has 2 aliphatic rings. The van der Waals surface area contributed by atoms with E-state index < -0.39 is 0 Å². The van der Waals surface area contributed by atoms with Crippen molar-refractivity contribution in [2.75, 3.05) is 29.6 Å². The highest BCUT2D eigenvalue weighted by molar-refractivity contribution is 7.99. The molecule has 3 heterocycles. The number of hydrogen-bond donors (Lipinski definition) is 2. The van der Waals surface area contributed by atoms with Gasteiger partial charge in [0, 0.05) is 37.5 Å². The van der Waals surface area contributed by atoms with Crippen molar-refractivity contribution < 1.29 is 9.53 Å². The van der Waals surface area contributed by atoms with E-state index in [2.05, 4.69) is 34.4 Å². The van der Waals surface area contributed by atoms with Crippen molar-refractivity contribution in [2.45, 2.75) is 38.6 Å². The average molecular weight is 409 g/mol. The highest BCUT2D eigenvalue weighted by atomic mass is 35.5. The van der Waals surface area contributed by atoms with Crippen LogP contribution in [0.25, 0.3) is 0 Å². The first-order valence-electron chi connectivity index (χ1n) is 8.06. The normalized spacial score (nSPS) is 25.7. The number of nitrogens with one attached hydrogen (secondary N) is 2. The van der Waals surface area contributed by atoms with Crippen molar-refractivity contribution in [1.82, 2.24) is 15.6 Å². The number of pyridine rings is 1. The van der Waals surface area contributed by atoms with Crippen LogP contribution < -0.4 is 15.5 Å². The van der Waals surface area contributed by atoms with Crippen LogP contribution in [0, 0.1) is 0 Å². The molecule has 25 heavy (non-hydrogen) atoms. The number of morpholine rings is 1. The van der Waals surface area contributed by atoms with Crippen LogP contribution in [-0.2, 0) is 16.1 Å². The number of amides is 1. The van der Waals surface area contributed by atoms with Crippen LogP contribution in [0.3, 0.4) is 0 Å². The molecule has 1 aromatic rings. The highest BCUT2D eigenvalue weighted by Crippen LogP contribution is 2.18. The third kappa shape index (κ3) is 6.18. The number of ether oxygens (including phenoxy) is 1. The van der Waals surface area contributed by atoms with Gasteiger partial charge < -0.3 is 15.0 Å². The predicted molar refractivity (Wildman–Crippen MR) is 107 cm³/mol. The topological polar surface area (TPSA) is 66.5 Å². The first-order chi connectivity index (χ1) is 11.1. The molecule has 0 aromatic carbocycles. The van der Waals surface area contributed by atoms with Crippen molar-refractivity contribution in [3.8, 4) is 0 Å². The Morgan fingerprint density at radius 2 is 2.08 bits per heavy atom. The zero-order valence-electron chi connectivity index (χ0n) is 14.4. The van der Waals surface area contributed by atoms with E-state index in [4.69, 9.17) is 4.74 Å². The van der Waals surface area contributed by atoms with Gasteiger partial charge in [-0.2, -0.15) is 0 Å². The standard InChI is InChI=1S/C16H24N4O2S.2ClH/c1-11-7-20(8-12(2)22-11)15-4-3-13(5-17-15)6-18-16(21)14-9-23-10-19-14;;/h3-5,11-12,14,19H,6-10H2,1-2H3,(H,18,21);2*1H. The molecule has 0 aliphatic carbocycles. The Labute approximate surface area is 165 Å². The summed E-state index contributed by atoms with van der Waals surface area (Å²) in [5, 5.41) is 6.14. The second-order valence-corrected chi connectivity index (χ2v) is 7.21. The molecule has 9 heteroatoms. The lowest BCUT2D eigenvalue weighted by Gasteiger charge is -2.36. The molecule has 2 fully saturated rings. The summed E-state index contributed by atoms with van der Waals surface area (Å²) in [6, 6.07) is 3.99. The van der Waals surface area contributed by atoms with Crippen molar-refractivity contribution in [3.63, 3.8) is 0 Å². The fraction of sp³-hybridized carbons (Fsp3) is 0.625. The SMILES string of the molecule is CC1CN(c2ccc(CNC(=O)C3CSCN3)cn2)CC(C)O1.Cl.Cl. The summed E-state index contributed by atoms with van der Waals surface area (Å²) in [6.07, 6.45) is 2.28. The molecule has 0 bridgehead atoms. The maximum absolute atomic E-state index is 12.0. The minimum atomic E-state index is -0.0662. The summed E-state index contributed by atoms with van der Waals surface area (Å²) in [6.45, 7) is 6.41. The minimum absolute atomic E-state index is 0. The Balaban J connectivity index is 0.00000156. The molecule has 142 valence electrons. The van der Waals surface area contributed by atoms with E-state index >= 15 is 0 Å². The summed E-state index contributed by atoms with van der Waals surface area (Å²) in [7, 11) is 0. The Morgan fingerprint density at radius 1 is 1.36 bits per heavy atom. The van der Waals surface area contributed by atoms with Gasteiger partial charge in [-0.25, -0.2) is 4.98 Å². The number of carbonyl (C=O) groups is 1. The molecule has 0 radical (unpaired) electrons. The van der Waals surface area contributed by atoms with Gasteiger partial charge in [-0.05, 0) is 25.5 Å². The van der Waals surface area contributed by atoms with Crippen molar-refractivity contribution >= 4 is 48.3 Å². The molecule has 0 saturated carbocycles. The van der Waals surface area contributed by atoms with Crippen molar-refractivity contribution in [2.24, 2.45) is 0 Å². The fourth-order valence-electron chi connectivity index (χ4n) is 2.95. The Hall–Kier alpha value is -0.730. The number of halogens is 2. The molecule has 1 amide bonds. The first kappa shape index (κ1) is 22.3. The lowest BCUT2D eigenvalue weighted by atomic mass is 10.2. The van der Waals surface area contributed by atoms with E-state index in [9.17, 15) is 4.79 Å². The summed E-state index contributed by atoms with van der Waals surface area (Å²) < 4.78 is 5.75. The summed E-state index contributed by atoms with van der Waals surface area (Å²) >= 11 is 1.75. The molecular weight excluding hydrogens is 383 g/mol. The molecule has 2 N–H and O–H groups in total. The Morgan fingerprint density at radius 3 is 2.64 bits per heavy atom. The van der Waals surface area contributed by atoms with Gasteiger partial charge in [0.2, 0.25) is 5.91 Å². The van der Waals surface area contributed by atoms with Gasteiger partial charge in [-0.3, -0.25) is 10.1 Å². The molecular formula is C16H26Cl2N4O2S. The third-order valence-corrected chi connectivity index (χ3v) is 4.99. The molecule has 1 aromatic heterocycles. The van der Waals surface area contributed by atoms with Crippen LogP contribution in [0.2, 0.25) is 0 Å². The van der Waals surface area contributed by atoms with Crippen LogP contribution in [0.5, 0.6) is 0 Å². The Bertz CT molecular complexity index is 533. The molecule has 6 nitrogen and oxygen atoms in total. The zero-order valence-corrected chi connectivity index (χ0v) is 16.9. The van der Waals surface area contributed by atoms with E-state index in [0.29, 0.717) is 6.54 Å². The fourth-order valence-corrected chi connectivity index (χ4v) is 3.89. The van der Waals surface area contributed by atoms with Gasteiger partial charge in [0.25, 0.3) is 0 Å². The number of anilines is 1. The highest BCUT2D eigenvalue weighted by Gasteiger charge is 2.23. The quantitative estimate of drug-likeness (QED) is 0.791. The number of nitrogens with zero attached hydrogens (tertiary/aromatic N) is 2. The lowest BCUT2D eigenvalue weighted by molar-refractivity contribution is -0.122. The summed E-state index contributed by atoms with van der Waals surface area (Å²) in [5.74, 6) is 2.73. The van der Waals surface area contributed by atoms with Crippen LogP contribution in [0.15, 0.2) is 18.3 Å². The zero-order chi connectivity index (χ0) is 16.2. The largest absolute Gasteiger partial charge is 0.372 e. The van der Waals surface area contributed by atoms with Crippen molar-refractivity contribution in [1.29, 1.82) is 0 Å². The summed E-state index contributed by atoms with van der Waals surface area (Å²) in [4.78, 5) is 18.8. The number of thioether (sulfide) groups is 1. The van der Waals surface area contributed by atoms with Crippen LogP contribution in [0.1, 0.15) is 19.4 Å². The maximum Gasteiger partial charge on any atom is 0.238 e. The molecule has 2 aliphatic heterocycles. The second kappa shape index (κ2) is 10.4. The second-order valence-electron chi connectivity index (χ2n) is 6.18. The summed E-state index contributed by atoms with van der Waals surface area (Å²) in [5.41, 5.74) is 1.02. The number of hydrogen-bond acceptors (Lipinski definition) is 6. The van der Waals surface area contributed by atoms with E-state index in [1.165, 1.54) is 0 Å².